The van der Waals surface area contributed by atoms with E-state index in [0.717, 1.165) is 37.5 Å². The van der Waals surface area contributed by atoms with Crippen LogP contribution in [0.5, 0.6) is 0 Å². The van der Waals surface area contributed by atoms with Crippen LogP contribution in [0.1, 0.15) is 55.2 Å². The van der Waals surface area contributed by atoms with Crippen molar-refractivity contribution in [3.63, 3.8) is 0 Å². The lowest BCUT2D eigenvalue weighted by molar-refractivity contribution is 0.445. The first-order valence-electron chi connectivity index (χ1n) is 7.98. The van der Waals surface area contributed by atoms with Gasteiger partial charge in [-0.1, -0.05) is 13.8 Å². The monoisotopic (exact) mass is 287 g/mol. The van der Waals surface area contributed by atoms with Gasteiger partial charge in [-0.3, -0.25) is 0 Å². The summed E-state index contributed by atoms with van der Waals surface area (Å²) in [6.45, 7) is 8.01. The Balaban J connectivity index is 1.74. The third kappa shape index (κ3) is 3.21. The minimum absolute atomic E-state index is 0.472. The number of hydrogen-bond donors (Lipinski definition) is 1. The van der Waals surface area contributed by atoms with Crippen LogP contribution in [0.4, 0.5) is 0 Å². The molecule has 2 aromatic heterocycles. The summed E-state index contributed by atoms with van der Waals surface area (Å²) in [6, 6.07) is 2.65. The fourth-order valence-corrected chi connectivity index (χ4v) is 2.99. The highest BCUT2D eigenvalue weighted by Crippen LogP contribution is 2.22. The maximum Gasteiger partial charge on any atom is 0.118 e. The first-order chi connectivity index (χ1) is 10.1. The molecule has 4 heteroatoms. The fourth-order valence-electron chi connectivity index (χ4n) is 2.99. The molecular formula is C17H25N3O. The van der Waals surface area contributed by atoms with E-state index in [1.165, 1.54) is 29.8 Å². The largest absolute Gasteiger partial charge is 0.465 e. The van der Waals surface area contributed by atoms with Crippen molar-refractivity contribution in [1.82, 2.24) is 14.9 Å². The number of aromatic nitrogens is 2. The van der Waals surface area contributed by atoms with Crippen molar-refractivity contribution in [2.24, 2.45) is 0 Å². The average Bonchev–Trinajstić information content (AvgIpc) is 3.02. The Morgan fingerprint density at radius 1 is 1.33 bits per heavy atom. The standard InChI is InChI=1S/C17H25N3O/c1-12(2)18-9-15-8-14(13(3)21-15)10-20-11-19-16-6-4-5-7-17(16)20/h8,11-12,18H,4-7,9-10H2,1-3H3. The van der Waals surface area contributed by atoms with Gasteiger partial charge in [-0.15, -0.1) is 0 Å². The molecule has 114 valence electrons. The van der Waals surface area contributed by atoms with E-state index in [2.05, 4.69) is 41.7 Å². The molecule has 0 bridgehead atoms. The van der Waals surface area contributed by atoms with Crippen LogP contribution in [0, 0.1) is 6.92 Å². The predicted octanol–water partition coefficient (Wildman–Crippen LogP) is 3.21. The highest BCUT2D eigenvalue weighted by atomic mass is 16.3. The van der Waals surface area contributed by atoms with Crippen molar-refractivity contribution >= 4 is 0 Å². The zero-order valence-corrected chi connectivity index (χ0v) is 13.3. The first-order valence-corrected chi connectivity index (χ1v) is 7.98. The molecule has 21 heavy (non-hydrogen) atoms. The molecule has 2 aromatic rings. The molecule has 0 fully saturated rings. The quantitative estimate of drug-likeness (QED) is 0.918. The van der Waals surface area contributed by atoms with E-state index >= 15 is 0 Å². The third-order valence-corrected chi connectivity index (χ3v) is 4.21. The summed E-state index contributed by atoms with van der Waals surface area (Å²) in [5.41, 5.74) is 3.98. The normalized spacial score (nSPS) is 14.7. The summed E-state index contributed by atoms with van der Waals surface area (Å²) in [4.78, 5) is 4.57. The number of hydrogen-bond acceptors (Lipinski definition) is 3. The Bertz CT molecular complexity index is 610. The smallest absolute Gasteiger partial charge is 0.118 e. The summed E-state index contributed by atoms with van der Waals surface area (Å²) in [5, 5.41) is 3.40. The fraction of sp³-hybridized carbons (Fsp3) is 0.588. The summed E-state index contributed by atoms with van der Waals surface area (Å²) in [5.74, 6) is 2.04. The number of furan rings is 1. The van der Waals surface area contributed by atoms with Crippen LogP contribution in [0.25, 0.3) is 0 Å². The molecule has 0 aromatic carbocycles. The van der Waals surface area contributed by atoms with Gasteiger partial charge in [-0.2, -0.15) is 0 Å². The number of fused-ring (bicyclic) bond motifs is 1. The lowest BCUT2D eigenvalue weighted by Gasteiger charge is -2.13. The lowest BCUT2D eigenvalue weighted by Crippen LogP contribution is -2.21. The molecular weight excluding hydrogens is 262 g/mol. The van der Waals surface area contributed by atoms with E-state index in [1.54, 1.807) is 0 Å². The molecule has 4 nitrogen and oxygen atoms in total. The van der Waals surface area contributed by atoms with Gasteiger partial charge in [-0.05, 0) is 38.7 Å². The summed E-state index contributed by atoms with van der Waals surface area (Å²) in [7, 11) is 0. The Kier molecular flexibility index (Phi) is 4.15. The second-order valence-corrected chi connectivity index (χ2v) is 6.30. The Morgan fingerprint density at radius 3 is 2.95 bits per heavy atom. The maximum atomic E-state index is 5.86. The Hall–Kier alpha value is -1.55. The maximum absolute atomic E-state index is 5.86. The third-order valence-electron chi connectivity index (χ3n) is 4.21. The van der Waals surface area contributed by atoms with Gasteiger partial charge in [-0.25, -0.2) is 4.98 Å². The van der Waals surface area contributed by atoms with E-state index in [4.69, 9.17) is 4.42 Å². The molecule has 0 saturated carbocycles. The second-order valence-electron chi connectivity index (χ2n) is 6.30. The van der Waals surface area contributed by atoms with Crippen LogP contribution < -0.4 is 5.32 Å². The summed E-state index contributed by atoms with van der Waals surface area (Å²) < 4.78 is 8.16. The molecule has 0 unspecified atom stereocenters. The Labute approximate surface area is 126 Å². The lowest BCUT2D eigenvalue weighted by atomic mass is 10.0. The molecule has 0 spiro atoms. The Morgan fingerprint density at radius 2 is 2.14 bits per heavy atom. The van der Waals surface area contributed by atoms with Crippen LogP contribution in [0.2, 0.25) is 0 Å². The number of rotatable bonds is 5. The molecule has 3 rings (SSSR count). The molecule has 1 N–H and O–H groups in total. The van der Waals surface area contributed by atoms with Gasteiger partial charge >= 0.3 is 0 Å². The second kappa shape index (κ2) is 6.06. The molecule has 2 heterocycles. The zero-order chi connectivity index (χ0) is 14.8. The molecule has 0 radical (unpaired) electrons. The summed E-state index contributed by atoms with van der Waals surface area (Å²) in [6.07, 6.45) is 6.85. The van der Waals surface area contributed by atoms with E-state index < -0.39 is 0 Å². The molecule has 0 amide bonds. The number of imidazole rings is 1. The highest BCUT2D eigenvalue weighted by Gasteiger charge is 2.16. The minimum atomic E-state index is 0.472. The number of nitrogens with zero attached hydrogens (tertiary/aromatic N) is 2. The van der Waals surface area contributed by atoms with Crippen molar-refractivity contribution in [1.29, 1.82) is 0 Å². The molecule has 0 saturated heterocycles. The van der Waals surface area contributed by atoms with Crippen LogP contribution in [-0.4, -0.2) is 15.6 Å². The molecule has 0 atom stereocenters. The van der Waals surface area contributed by atoms with Crippen molar-refractivity contribution in [2.45, 2.75) is 65.6 Å². The van der Waals surface area contributed by atoms with Crippen molar-refractivity contribution < 1.29 is 4.42 Å². The molecule has 1 aliphatic carbocycles. The topological polar surface area (TPSA) is 43.0 Å². The van der Waals surface area contributed by atoms with Crippen LogP contribution >= 0.6 is 0 Å². The van der Waals surface area contributed by atoms with E-state index in [-0.39, 0.29) is 0 Å². The van der Waals surface area contributed by atoms with Gasteiger partial charge < -0.3 is 14.3 Å². The minimum Gasteiger partial charge on any atom is -0.465 e. The van der Waals surface area contributed by atoms with E-state index in [9.17, 15) is 0 Å². The first kappa shape index (κ1) is 14.4. The molecule has 1 aliphatic rings. The predicted molar refractivity (Wildman–Crippen MR) is 83.4 cm³/mol. The van der Waals surface area contributed by atoms with Crippen LogP contribution in [-0.2, 0) is 25.9 Å². The average molecular weight is 287 g/mol. The zero-order valence-electron chi connectivity index (χ0n) is 13.3. The van der Waals surface area contributed by atoms with Gasteiger partial charge in [0, 0.05) is 17.3 Å². The van der Waals surface area contributed by atoms with Crippen molar-refractivity contribution in [3.8, 4) is 0 Å². The summed E-state index contributed by atoms with van der Waals surface area (Å²) >= 11 is 0. The van der Waals surface area contributed by atoms with Crippen LogP contribution in [0.15, 0.2) is 16.8 Å². The molecule has 0 aliphatic heterocycles. The van der Waals surface area contributed by atoms with E-state index in [1.807, 2.05) is 6.33 Å². The van der Waals surface area contributed by atoms with Gasteiger partial charge in [0.1, 0.15) is 11.5 Å². The van der Waals surface area contributed by atoms with Crippen LogP contribution in [0.3, 0.4) is 0 Å². The van der Waals surface area contributed by atoms with E-state index in [0.29, 0.717) is 6.04 Å². The SMILES string of the molecule is Cc1oc(CNC(C)C)cc1Cn1cnc2c1CCCC2. The van der Waals surface area contributed by atoms with Crippen molar-refractivity contribution in [2.75, 3.05) is 0 Å². The van der Waals surface area contributed by atoms with Gasteiger partial charge in [0.15, 0.2) is 0 Å². The van der Waals surface area contributed by atoms with Crippen molar-refractivity contribution in [3.05, 3.63) is 40.9 Å². The van der Waals surface area contributed by atoms with Gasteiger partial charge in [0.2, 0.25) is 0 Å². The van der Waals surface area contributed by atoms with Gasteiger partial charge in [0.05, 0.1) is 25.1 Å². The number of aryl methyl sites for hydroxylation is 2. The number of nitrogens with one attached hydrogen (secondary N) is 1. The highest BCUT2D eigenvalue weighted by molar-refractivity contribution is 5.24. The van der Waals surface area contributed by atoms with Gasteiger partial charge in [0.25, 0.3) is 0 Å².